The van der Waals surface area contributed by atoms with Gasteiger partial charge in [-0.1, -0.05) is 79.9 Å². The minimum Gasteiger partial charge on any atom is -0.358 e. The Hall–Kier alpha value is -0.0183. The molecule has 3 aromatic rings. The van der Waals surface area contributed by atoms with Crippen LogP contribution in [0, 0.1) is 40.5 Å². The van der Waals surface area contributed by atoms with E-state index in [0.717, 1.165) is 49.7 Å². The van der Waals surface area contributed by atoms with E-state index in [-0.39, 0.29) is 160 Å². The maximum atomic E-state index is 11.4. The average Bonchev–Trinajstić information content (AvgIpc) is 2.95. The first-order valence-corrected chi connectivity index (χ1v) is 13.0. The van der Waals surface area contributed by atoms with Gasteiger partial charge in [-0.3, -0.25) is 4.79 Å². The van der Waals surface area contributed by atoms with Gasteiger partial charge in [0.1, 0.15) is 11.6 Å². The fourth-order valence-corrected chi connectivity index (χ4v) is 3.14. The summed E-state index contributed by atoms with van der Waals surface area (Å²) in [5, 5.41) is 0. The van der Waals surface area contributed by atoms with Crippen LogP contribution in [0.3, 0.4) is 0 Å². The molecule has 0 N–H and O–H groups in total. The second kappa shape index (κ2) is 46.1. The molecular formula is C39H60O3Y3-6. The molecule has 0 saturated carbocycles. The molecule has 3 nitrogen and oxygen atoms in total. The van der Waals surface area contributed by atoms with E-state index in [9.17, 15) is 14.4 Å². The molecule has 0 aromatic heterocycles. The fourth-order valence-electron chi connectivity index (χ4n) is 3.14. The van der Waals surface area contributed by atoms with E-state index in [1.807, 2.05) is 42.5 Å². The number of unbranched alkanes of at least 4 members (excludes halogenated alkanes) is 3. The minimum absolute atomic E-state index is 0. The molecular weight excluding hydrogens is 783 g/mol. The molecule has 6 heteroatoms. The summed E-state index contributed by atoms with van der Waals surface area (Å²) >= 11 is 0. The predicted molar refractivity (Wildman–Crippen MR) is 187 cm³/mol. The molecule has 0 bridgehead atoms. The topological polar surface area (TPSA) is 51.2 Å². The first-order chi connectivity index (χ1) is 17.5. The summed E-state index contributed by atoms with van der Waals surface area (Å²) in [4.78, 5) is 34.1. The summed E-state index contributed by atoms with van der Waals surface area (Å²) in [6.45, 7) is 6.26. The van der Waals surface area contributed by atoms with Crippen molar-refractivity contribution in [2.45, 2.75) is 101 Å². The van der Waals surface area contributed by atoms with E-state index >= 15 is 0 Å². The Labute approximate surface area is 356 Å². The van der Waals surface area contributed by atoms with Crippen LogP contribution in [0.1, 0.15) is 132 Å². The summed E-state index contributed by atoms with van der Waals surface area (Å²) in [5.41, 5.74) is 2.30. The Morgan fingerprint density at radius 1 is 0.533 bits per heavy atom. The Kier molecular flexibility index (Phi) is 68.9. The van der Waals surface area contributed by atoms with Crippen molar-refractivity contribution in [3.05, 3.63) is 130 Å². The Bertz CT molecular complexity index is 864. The van der Waals surface area contributed by atoms with Crippen LogP contribution in [0.25, 0.3) is 0 Å². The van der Waals surface area contributed by atoms with E-state index in [2.05, 4.69) is 39.0 Å². The molecule has 0 spiro atoms. The number of benzene rings is 3. The molecule has 45 heavy (non-hydrogen) atoms. The summed E-state index contributed by atoms with van der Waals surface area (Å²) < 4.78 is 0. The van der Waals surface area contributed by atoms with Gasteiger partial charge in [0.05, 0.1) is 5.78 Å². The van der Waals surface area contributed by atoms with Crippen molar-refractivity contribution in [1.29, 1.82) is 0 Å². The molecule has 0 aliphatic rings. The van der Waals surface area contributed by atoms with Gasteiger partial charge in [0, 0.05) is 105 Å². The van der Waals surface area contributed by atoms with Gasteiger partial charge in [-0.2, -0.15) is 60.7 Å². The molecule has 0 fully saturated rings. The van der Waals surface area contributed by atoms with Crippen LogP contribution in [-0.2, 0) is 98.1 Å². The molecule has 249 valence electrons. The van der Waals surface area contributed by atoms with Crippen molar-refractivity contribution >= 4 is 17.3 Å². The summed E-state index contributed by atoms with van der Waals surface area (Å²) in [6.07, 6.45) is 8.13. The third kappa shape index (κ3) is 33.7. The molecule has 0 aliphatic heterocycles. The second-order valence-corrected chi connectivity index (χ2v) is 8.44. The maximum Gasteiger partial charge on any atom is 0.138 e. The van der Waals surface area contributed by atoms with E-state index in [1.165, 1.54) is 0 Å². The standard InChI is InChI=1S/3C11H13O.3CH4.3CH3.3Y/c3*1-2-3-9-11(12)10-7-5-4-6-8-10;;;;;;;;;/h5-8H,2-3,9H2,1H3;4-5,7-8H,2-3,9H2,1H3;4-7H,2-3,9H2,1H3;3*1H4;3*1H3;;;/q3*-1;;;;3*-1;;;. The molecule has 0 saturated heterocycles. The molecule has 3 radical (unpaired) electrons. The quantitative estimate of drug-likeness (QED) is 0.135. The SMILES string of the molecule is C.C.C.CCCCC(=O)c1[c-]cccc1.CCCCC(=O)c1c[c-]ccc1.CCCCC(=O)c1cc[c-]cc1.[CH3-].[CH3-].[CH3-].[Y].[Y].[Y]. The zero-order valence-electron chi connectivity index (χ0n) is 26.7. The van der Waals surface area contributed by atoms with Crippen LogP contribution in [0.2, 0.25) is 0 Å². The van der Waals surface area contributed by atoms with Gasteiger partial charge in [0.25, 0.3) is 0 Å². The number of Topliss-reactive ketones (excluding diaryl/α,β-unsaturated/α-hetero) is 3. The number of hydrogen-bond donors (Lipinski definition) is 0. The monoisotopic (exact) mass is 843 g/mol. The number of carbonyl (C=O) groups is 3. The fraction of sp³-hybridized carbons (Fsp3) is 0.385. The van der Waals surface area contributed by atoms with E-state index in [1.54, 1.807) is 30.3 Å². The summed E-state index contributed by atoms with van der Waals surface area (Å²) in [7, 11) is 0. The summed E-state index contributed by atoms with van der Waals surface area (Å²) in [6, 6.07) is 30.5. The Morgan fingerprint density at radius 2 is 1.00 bits per heavy atom. The Balaban J connectivity index is -0.0000000561. The van der Waals surface area contributed by atoms with Crippen LogP contribution >= 0.6 is 0 Å². The van der Waals surface area contributed by atoms with Crippen molar-refractivity contribution in [2.75, 3.05) is 0 Å². The third-order valence-electron chi connectivity index (χ3n) is 5.35. The van der Waals surface area contributed by atoms with Crippen molar-refractivity contribution in [1.82, 2.24) is 0 Å². The van der Waals surface area contributed by atoms with Crippen LogP contribution < -0.4 is 0 Å². The van der Waals surface area contributed by atoms with Gasteiger partial charge < -0.3 is 31.9 Å². The smallest absolute Gasteiger partial charge is 0.138 e. The van der Waals surface area contributed by atoms with Gasteiger partial charge in [-0.05, 0) is 25.7 Å². The molecule has 0 heterocycles. The van der Waals surface area contributed by atoms with E-state index in [4.69, 9.17) is 0 Å². The van der Waals surface area contributed by atoms with Crippen LogP contribution in [0.4, 0.5) is 0 Å². The molecule has 3 rings (SSSR count). The Morgan fingerprint density at radius 3 is 1.40 bits per heavy atom. The molecule has 0 amide bonds. The minimum atomic E-state index is 0. The first-order valence-electron chi connectivity index (χ1n) is 13.0. The van der Waals surface area contributed by atoms with Crippen molar-refractivity contribution in [3.8, 4) is 0 Å². The van der Waals surface area contributed by atoms with E-state index in [0.29, 0.717) is 24.8 Å². The van der Waals surface area contributed by atoms with Crippen molar-refractivity contribution in [3.63, 3.8) is 0 Å². The molecule has 0 atom stereocenters. The average molecular weight is 844 g/mol. The third-order valence-corrected chi connectivity index (χ3v) is 5.35. The van der Waals surface area contributed by atoms with Crippen LogP contribution in [0.5, 0.6) is 0 Å². The van der Waals surface area contributed by atoms with Gasteiger partial charge in [-0.15, -0.1) is 35.9 Å². The predicted octanol–water partition coefficient (Wildman–Crippen LogP) is 11.8. The van der Waals surface area contributed by atoms with Crippen molar-refractivity contribution in [2.24, 2.45) is 0 Å². The second-order valence-electron chi connectivity index (χ2n) is 8.44. The zero-order valence-corrected chi connectivity index (χ0v) is 35.3. The number of rotatable bonds is 12. The largest absolute Gasteiger partial charge is 0.358 e. The molecule has 0 unspecified atom stereocenters. The zero-order chi connectivity index (χ0) is 26.4. The van der Waals surface area contributed by atoms with Gasteiger partial charge in [0.15, 0.2) is 0 Å². The number of carbonyl (C=O) groups excluding carboxylic acids is 3. The number of hydrogen-bond acceptors (Lipinski definition) is 3. The molecule has 3 aromatic carbocycles. The molecule has 0 aliphatic carbocycles. The van der Waals surface area contributed by atoms with Gasteiger partial charge in [-0.25, -0.2) is 0 Å². The normalized spacial score (nSPS) is 7.80. The number of ketones is 3. The maximum absolute atomic E-state index is 11.4. The van der Waals surface area contributed by atoms with Crippen LogP contribution in [0.15, 0.2) is 72.8 Å². The van der Waals surface area contributed by atoms with Gasteiger partial charge >= 0.3 is 0 Å². The van der Waals surface area contributed by atoms with Crippen LogP contribution in [-0.4, -0.2) is 17.3 Å². The van der Waals surface area contributed by atoms with Gasteiger partial charge in [0.2, 0.25) is 0 Å². The van der Waals surface area contributed by atoms with Crippen molar-refractivity contribution < 1.29 is 113 Å². The summed E-state index contributed by atoms with van der Waals surface area (Å²) in [5.74, 6) is 0.678. The first kappa shape index (κ1) is 67.2. The van der Waals surface area contributed by atoms with E-state index < -0.39 is 0 Å².